The Bertz CT molecular complexity index is 376. The summed E-state index contributed by atoms with van der Waals surface area (Å²) in [5, 5.41) is 3.30. The average molecular weight is 381 g/mol. The summed E-state index contributed by atoms with van der Waals surface area (Å²) in [6.07, 6.45) is 4.88. The number of hydrogen-bond donors (Lipinski definition) is 1. The van der Waals surface area contributed by atoms with E-state index >= 15 is 0 Å². The van der Waals surface area contributed by atoms with Gasteiger partial charge < -0.3 is 20.0 Å². The van der Waals surface area contributed by atoms with Crippen molar-refractivity contribution in [3.63, 3.8) is 0 Å². The van der Waals surface area contributed by atoms with Crippen LogP contribution in [0.4, 0.5) is 0 Å². The first kappa shape index (κ1) is 22.0. The number of rotatable bonds is 7. The lowest BCUT2D eigenvalue weighted by Crippen LogP contribution is -2.47. The number of nitrogens with zero attached hydrogens (tertiary/aromatic N) is 3. The minimum atomic E-state index is 0. The zero-order valence-corrected chi connectivity index (χ0v) is 16.5. The molecule has 0 radical (unpaired) electrons. The maximum Gasteiger partial charge on any atom is 0.223 e. The van der Waals surface area contributed by atoms with Crippen molar-refractivity contribution in [1.29, 1.82) is 0 Å². The average Bonchev–Trinajstić information content (AvgIpc) is 3.23. The van der Waals surface area contributed by atoms with Crippen molar-refractivity contribution in [3.8, 4) is 0 Å². The molecule has 0 aromatic carbocycles. The molecule has 2 heterocycles. The van der Waals surface area contributed by atoms with Crippen molar-refractivity contribution < 1.29 is 4.79 Å². The van der Waals surface area contributed by atoms with Gasteiger partial charge in [-0.15, -0.1) is 24.8 Å². The number of nitrogens with one attached hydrogen (secondary N) is 1. The van der Waals surface area contributed by atoms with E-state index in [4.69, 9.17) is 0 Å². The SMILES string of the molecule is CN(CC1CC1)CC1CCN(CCC(=O)N2CCNCC2)C1.Cl.Cl. The van der Waals surface area contributed by atoms with E-state index in [9.17, 15) is 4.79 Å². The normalized spacial score (nSPS) is 24.6. The summed E-state index contributed by atoms with van der Waals surface area (Å²) >= 11 is 0. The standard InChI is InChI=1S/C17H32N4O.2ClH/c1-19(12-15-2-3-15)13-16-4-8-20(14-16)9-5-17(22)21-10-6-18-7-11-21;;/h15-16,18H,2-14H2,1H3;2*1H. The molecule has 24 heavy (non-hydrogen) atoms. The number of likely N-dealkylation sites (tertiary alicyclic amines) is 1. The Hall–Kier alpha value is -0.0700. The van der Waals surface area contributed by atoms with Gasteiger partial charge in [0.2, 0.25) is 5.91 Å². The minimum absolute atomic E-state index is 0. The smallest absolute Gasteiger partial charge is 0.223 e. The summed E-state index contributed by atoms with van der Waals surface area (Å²) in [4.78, 5) is 19.2. The summed E-state index contributed by atoms with van der Waals surface area (Å²) in [6, 6.07) is 0. The highest BCUT2D eigenvalue weighted by Gasteiger charge is 2.27. The lowest BCUT2D eigenvalue weighted by molar-refractivity contribution is -0.132. The van der Waals surface area contributed by atoms with Crippen LogP contribution in [-0.2, 0) is 4.79 Å². The monoisotopic (exact) mass is 380 g/mol. The predicted octanol–water partition coefficient (Wildman–Crippen LogP) is 1.32. The molecule has 1 N–H and O–H groups in total. The fraction of sp³-hybridized carbons (Fsp3) is 0.941. The molecule has 0 aromatic rings. The van der Waals surface area contributed by atoms with E-state index in [0.717, 1.165) is 44.6 Å². The van der Waals surface area contributed by atoms with Crippen LogP contribution >= 0.6 is 24.8 Å². The summed E-state index contributed by atoms with van der Waals surface area (Å²) < 4.78 is 0. The second-order valence-corrected chi connectivity index (χ2v) is 7.50. The number of halogens is 2. The second-order valence-electron chi connectivity index (χ2n) is 7.50. The highest BCUT2D eigenvalue weighted by atomic mass is 35.5. The van der Waals surface area contributed by atoms with Crippen molar-refractivity contribution in [2.24, 2.45) is 11.8 Å². The van der Waals surface area contributed by atoms with Crippen LogP contribution in [0.25, 0.3) is 0 Å². The van der Waals surface area contributed by atoms with Gasteiger partial charge in [-0.2, -0.15) is 0 Å². The maximum atomic E-state index is 12.2. The first-order valence-electron chi connectivity index (χ1n) is 9.10. The molecule has 3 aliphatic rings. The molecular formula is C17H34Cl2N4O. The lowest BCUT2D eigenvalue weighted by Gasteiger charge is -2.28. The Morgan fingerprint density at radius 3 is 2.38 bits per heavy atom. The van der Waals surface area contributed by atoms with Crippen molar-refractivity contribution in [2.75, 3.05) is 66.0 Å². The molecule has 7 heteroatoms. The van der Waals surface area contributed by atoms with E-state index in [1.807, 2.05) is 4.90 Å². The molecule has 0 spiro atoms. The number of amides is 1. The van der Waals surface area contributed by atoms with Crippen LogP contribution in [-0.4, -0.2) is 86.6 Å². The second kappa shape index (κ2) is 10.8. The van der Waals surface area contributed by atoms with Crippen LogP contribution in [0.1, 0.15) is 25.7 Å². The number of carbonyl (C=O) groups excluding carboxylic acids is 1. The first-order valence-corrected chi connectivity index (χ1v) is 9.10. The first-order chi connectivity index (χ1) is 10.7. The van der Waals surface area contributed by atoms with E-state index in [1.54, 1.807) is 0 Å². The Kier molecular flexibility index (Phi) is 9.90. The molecule has 1 atom stereocenters. The van der Waals surface area contributed by atoms with Gasteiger partial charge in [0.1, 0.15) is 0 Å². The molecule has 2 saturated heterocycles. The fourth-order valence-corrected chi connectivity index (χ4v) is 3.85. The molecule has 142 valence electrons. The van der Waals surface area contributed by atoms with Gasteiger partial charge in [-0.25, -0.2) is 0 Å². The number of hydrogen-bond acceptors (Lipinski definition) is 4. The number of carbonyl (C=O) groups is 1. The van der Waals surface area contributed by atoms with Crippen molar-refractivity contribution in [2.45, 2.75) is 25.7 Å². The molecule has 1 unspecified atom stereocenters. The van der Waals surface area contributed by atoms with Crippen LogP contribution in [0.2, 0.25) is 0 Å². The Morgan fingerprint density at radius 1 is 1.04 bits per heavy atom. The highest BCUT2D eigenvalue weighted by Crippen LogP contribution is 2.30. The van der Waals surface area contributed by atoms with Gasteiger partial charge in [-0.1, -0.05) is 0 Å². The van der Waals surface area contributed by atoms with Crippen LogP contribution in [0.3, 0.4) is 0 Å². The zero-order valence-electron chi connectivity index (χ0n) is 14.9. The molecule has 1 aliphatic carbocycles. The summed E-state index contributed by atoms with van der Waals surface area (Å²) in [7, 11) is 2.27. The maximum absolute atomic E-state index is 12.2. The van der Waals surface area contributed by atoms with E-state index < -0.39 is 0 Å². The highest BCUT2D eigenvalue weighted by molar-refractivity contribution is 5.85. The Labute approximate surface area is 159 Å². The molecule has 2 aliphatic heterocycles. The third-order valence-electron chi connectivity index (χ3n) is 5.32. The third-order valence-corrected chi connectivity index (χ3v) is 5.32. The largest absolute Gasteiger partial charge is 0.340 e. The Balaban J connectivity index is 0.00000144. The number of piperazine rings is 1. The molecule has 3 rings (SSSR count). The van der Waals surface area contributed by atoms with Crippen LogP contribution in [0.15, 0.2) is 0 Å². The topological polar surface area (TPSA) is 38.8 Å². The van der Waals surface area contributed by atoms with Gasteiger partial charge >= 0.3 is 0 Å². The molecule has 5 nitrogen and oxygen atoms in total. The van der Waals surface area contributed by atoms with Crippen LogP contribution in [0, 0.1) is 11.8 Å². The van der Waals surface area contributed by atoms with Gasteiger partial charge in [0.25, 0.3) is 0 Å². The van der Waals surface area contributed by atoms with Gasteiger partial charge in [-0.05, 0) is 44.7 Å². The summed E-state index contributed by atoms with van der Waals surface area (Å²) in [5.74, 6) is 2.13. The minimum Gasteiger partial charge on any atom is -0.340 e. The predicted molar refractivity (Wildman–Crippen MR) is 103 cm³/mol. The van der Waals surface area contributed by atoms with Crippen molar-refractivity contribution in [3.05, 3.63) is 0 Å². The van der Waals surface area contributed by atoms with Gasteiger partial charge in [-0.3, -0.25) is 4.79 Å². The molecule has 1 amide bonds. The summed E-state index contributed by atoms with van der Waals surface area (Å²) in [6.45, 7) is 9.50. The lowest BCUT2D eigenvalue weighted by atomic mass is 10.1. The van der Waals surface area contributed by atoms with Crippen molar-refractivity contribution in [1.82, 2.24) is 20.0 Å². The summed E-state index contributed by atoms with van der Waals surface area (Å²) in [5.41, 5.74) is 0. The third kappa shape index (κ3) is 7.04. The van der Waals surface area contributed by atoms with E-state index in [0.29, 0.717) is 12.3 Å². The van der Waals surface area contributed by atoms with E-state index in [-0.39, 0.29) is 24.8 Å². The van der Waals surface area contributed by atoms with Crippen LogP contribution in [0.5, 0.6) is 0 Å². The van der Waals surface area contributed by atoms with E-state index in [2.05, 4.69) is 22.2 Å². The van der Waals surface area contributed by atoms with Crippen LogP contribution < -0.4 is 5.32 Å². The zero-order chi connectivity index (χ0) is 15.4. The van der Waals surface area contributed by atoms with E-state index in [1.165, 1.54) is 45.4 Å². The van der Waals surface area contributed by atoms with Gasteiger partial charge in [0, 0.05) is 58.8 Å². The van der Waals surface area contributed by atoms with Gasteiger partial charge in [0.15, 0.2) is 0 Å². The molecule has 0 aromatic heterocycles. The molecule has 0 bridgehead atoms. The molecule has 3 fully saturated rings. The van der Waals surface area contributed by atoms with Gasteiger partial charge in [0.05, 0.1) is 0 Å². The quantitative estimate of drug-likeness (QED) is 0.722. The molecular weight excluding hydrogens is 347 g/mol. The Morgan fingerprint density at radius 2 is 1.71 bits per heavy atom. The molecule has 1 saturated carbocycles. The van der Waals surface area contributed by atoms with Crippen molar-refractivity contribution >= 4 is 30.7 Å². The fourth-order valence-electron chi connectivity index (χ4n) is 3.85.